The molecule has 0 saturated heterocycles. The van der Waals surface area contributed by atoms with Gasteiger partial charge in [-0.3, -0.25) is 4.79 Å². The molecule has 1 aliphatic carbocycles. The molecule has 1 saturated carbocycles. The fraction of sp³-hybridized carbons (Fsp3) is 0.235. The van der Waals surface area contributed by atoms with Crippen molar-refractivity contribution >= 4 is 11.6 Å². The predicted octanol–water partition coefficient (Wildman–Crippen LogP) is 3.88. The molecule has 0 aliphatic heterocycles. The van der Waals surface area contributed by atoms with Crippen molar-refractivity contribution in [1.29, 1.82) is 0 Å². The Morgan fingerprint density at radius 1 is 1.10 bits per heavy atom. The highest BCUT2D eigenvalue weighted by Crippen LogP contribution is 2.47. The van der Waals surface area contributed by atoms with Crippen LogP contribution in [0.2, 0.25) is 0 Å². The lowest BCUT2D eigenvalue weighted by Gasteiger charge is -2.05. The minimum atomic E-state index is -0.241. The zero-order chi connectivity index (χ0) is 14.1. The molecule has 0 aromatic heterocycles. The highest BCUT2D eigenvalue weighted by Gasteiger charge is 2.43. The Morgan fingerprint density at radius 2 is 1.75 bits per heavy atom. The summed E-state index contributed by atoms with van der Waals surface area (Å²) in [6.45, 7) is 2.01. The van der Waals surface area contributed by atoms with Crippen molar-refractivity contribution in [2.24, 2.45) is 5.92 Å². The van der Waals surface area contributed by atoms with E-state index in [0.29, 0.717) is 0 Å². The van der Waals surface area contributed by atoms with Gasteiger partial charge in [0, 0.05) is 11.6 Å². The fourth-order valence-corrected chi connectivity index (χ4v) is 2.43. The summed E-state index contributed by atoms with van der Waals surface area (Å²) < 4.78 is 12.9. The number of amides is 1. The number of aryl methyl sites for hydroxylation is 1. The van der Waals surface area contributed by atoms with Crippen molar-refractivity contribution in [2.75, 3.05) is 5.32 Å². The maximum Gasteiger partial charge on any atom is 0.228 e. The van der Waals surface area contributed by atoms with E-state index in [9.17, 15) is 9.18 Å². The number of benzene rings is 2. The molecule has 1 amide bonds. The van der Waals surface area contributed by atoms with Gasteiger partial charge in [-0.1, -0.05) is 29.8 Å². The molecule has 0 radical (unpaired) electrons. The van der Waals surface area contributed by atoms with E-state index in [2.05, 4.69) is 5.32 Å². The SMILES string of the molecule is Cc1ccc(NC(=O)C2CC2c2ccc(F)cc2)cc1. The van der Waals surface area contributed by atoms with Gasteiger partial charge in [0.05, 0.1) is 0 Å². The Labute approximate surface area is 117 Å². The number of hydrogen-bond acceptors (Lipinski definition) is 1. The molecular formula is C17H16FNO. The molecule has 102 valence electrons. The van der Waals surface area contributed by atoms with Crippen molar-refractivity contribution in [2.45, 2.75) is 19.3 Å². The van der Waals surface area contributed by atoms with Crippen molar-refractivity contribution < 1.29 is 9.18 Å². The normalized spacial score (nSPS) is 20.5. The monoisotopic (exact) mass is 269 g/mol. The molecule has 2 aromatic carbocycles. The number of rotatable bonds is 3. The van der Waals surface area contributed by atoms with E-state index >= 15 is 0 Å². The van der Waals surface area contributed by atoms with Crippen LogP contribution in [0.3, 0.4) is 0 Å². The van der Waals surface area contributed by atoms with Gasteiger partial charge >= 0.3 is 0 Å². The summed E-state index contributed by atoms with van der Waals surface area (Å²) in [5.74, 6) is 0.0287. The maximum absolute atomic E-state index is 12.9. The third kappa shape index (κ3) is 2.72. The molecule has 2 atom stereocenters. The molecule has 1 N–H and O–H groups in total. The molecular weight excluding hydrogens is 253 g/mol. The van der Waals surface area contributed by atoms with Gasteiger partial charge in [-0.15, -0.1) is 0 Å². The summed E-state index contributed by atoms with van der Waals surface area (Å²) in [6.07, 6.45) is 0.837. The molecule has 3 rings (SSSR count). The number of halogens is 1. The Bertz CT molecular complexity index is 618. The van der Waals surface area contributed by atoms with Gasteiger partial charge in [-0.25, -0.2) is 4.39 Å². The van der Waals surface area contributed by atoms with Gasteiger partial charge in [0.2, 0.25) is 5.91 Å². The summed E-state index contributed by atoms with van der Waals surface area (Å²) in [5, 5.41) is 2.93. The van der Waals surface area contributed by atoms with Gasteiger partial charge < -0.3 is 5.32 Å². The molecule has 20 heavy (non-hydrogen) atoms. The van der Waals surface area contributed by atoms with E-state index in [1.165, 1.54) is 17.7 Å². The van der Waals surface area contributed by atoms with Gasteiger partial charge in [0.15, 0.2) is 0 Å². The second-order valence-corrected chi connectivity index (χ2v) is 5.36. The second-order valence-electron chi connectivity index (χ2n) is 5.36. The van der Waals surface area contributed by atoms with Crippen LogP contribution in [0.1, 0.15) is 23.5 Å². The van der Waals surface area contributed by atoms with Crippen LogP contribution in [0.15, 0.2) is 48.5 Å². The van der Waals surface area contributed by atoms with Gasteiger partial charge in [-0.2, -0.15) is 0 Å². The van der Waals surface area contributed by atoms with Crippen molar-refractivity contribution in [3.05, 3.63) is 65.5 Å². The zero-order valence-electron chi connectivity index (χ0n) is 11.3. The highest BCUT2D eigenvalue weighted by molar-refractivity contribution is 5.95. The van der Waals surface area contributed by atoms with Gasteiger partial charge in [0.1, 0.15) is 5.82 Å². The average molecular weight is 269 g/mol. The van der Waals surface area contributed by atoms with E-state index in [4.69, 9.17) is 0 Å². The van der Waals surface area contributed by atoms with Crippen LogP contribution in [0.4, 0.5) is 10.1 Å². The molecule has 1 fully saturated rings. The van der Waals surface area contributed by atoms with Crippen LogP contribution < -0.4 is 5.32 Å². The van der Waals surface area contributed by atoms with E-state index in [-0.39, 0.29) is 23.6 Å². The first-order chi connectivity index (χ1) is 9.63. The van der Waals surface area contributed by atoms with Gasteiger partial charge in [-0.05, 0) is 49.1 Å². The molecule has 2 nitrogen and oxygen atoms in total. The van der Waals surface area contributed by atoms with Gasteiger partial charge in [0.25, 0.3) is 0 Å². The Hall–Kier alpha value is -2.16. The minimum Gasteiger partial charge on any atom is -0.326 e. The van der Waals surface area contributed by atoms with E-state index in [0.717, 1.165) is 17.7 Å². The highest BCUT2D eigenvalue weighted by atomic mass is 19.1. The predicted molar refractivity (Wildman–Crippen MR) is 77.1 cm³/mol. The first-order valence-electron chi connectivity index (χ1n) is 6.76. The Balaban J connectivity index is 1.62. The molecule has 0 spiro atoms. The third-order valence-electron chi connectivity index (χ3n) is 3.74. The quantitative estimate of drug-likeness (QED) is 0.900. The van der Waals surface area contributed by atoms with Crippen LogP contribution in [0, 0.1) is 18.7 Å². The summed E-state index contributed by atoms with van der Waals surface area (Å²) in [7, 11) is 0. The minimum absolute atomic E-state index is 0.00163. The van der Waals surface area contributed by atoms with E-state index in [1.54, 1.807) is 12.1 Å². The van der Waals surface area contributed by atoms with Crippen molar-refractivity contribution in [3.63, 3.8) is 0 Å². The smallest absolute Gasteiger partial charge is 0.228 e. The zero-order valence-corrected chi connectivity index (χ0v) is 11.3. The number of carbonyl (C=O) groups excluding carboxylic acids is 1. The standard InChI is InChI=1S/C17H16FNO/c1-11-2-8-14(9-3-11)19-17(20)16-10-15(16)12-4-6-13(18)7-5-12/h2-9,15-16H,10H2,1H3,(H,19,20). The first kappa shape index (κ1) is 12.9. The van der Waals surface area contributed by atoms with E-state index in [1.807, 2.05) is 31.2 Å². The summed E-state index contributed by atoms with van der Waals surface area (Å²) in [6, 6.07) is 14.2. The summed E-state index contributed by atoms with van der Waals surface area (Å²) in [5.41, 5.74) is 3.03. The Morgan fingerprint density at radius 3 is 2.40 bits per heavy atom. The summed E-state index contributed by atoms with van der Waals surface area (Å²) >= 11 is 0. The molecule has 2 unspecified atom stereocenters. The van der Waals surface area contributed by atoms with Crippen LogP contribution in [-0.4, -0.2) is 5.91 Å². The lowest BCUT2D eigenvalue weighted by Crippen LogP contribution is -2.14. The van der Waals surface area contributed by atoms with Crippen LogP contribution in [0.25, 0.3) is 0 Å². The van der Waals surface area contributed by atoms with E-state index < -0.39 is 0 Å². The number of anilines is 1. The average Bonchev–Trinajstić information content (AvgIpc) is 3.23. The first-order valence-corrected chi connectivity index (χ1v) is 6.76. The number of carbonyl (C=O) groups is 1. The third-order valence-corrected chi connectivity index (χ3v) is 3.74. The number of nitrogens with one attached hydrogen (secondary N) is 1. The molecule has 0 bridgehead atoms. The second kappa shape index (κ2) is 5.08. The lowest BCUT2D eigenvalue weighted by atomic mass is 10.1. The molecule has 0 heterocycles. The maximum atomic E-state index is 12.9. The van der Waals surface area contributed by atoms with Crippen molar-refractivity contribution in [1.82, 2.24) is 0 Å². The largest absolute Gasteiger partial charge is 0.326 e. The summed E-state index contributed by atoms with van der Waals surface area (Å²) in [4.78, 5) is 12.1. The fourth-order valence-electron chi connectivity index (χ4n) is 2.43. The molecule has 3 heteroatoms. The van der Waals surface area contributed by atoms with Crippen LogP contribution in [0.5, 0.6) is 0 Å². The lowest BCUT2D eigenvalue weighted by molar-refractivity contribution is -0.117. The topological polar surface area (TPSA) is 29.1 Å². The number of hydrogen-bond donors (Lipinski definition) is 1. The Kier molecular flexibility index (Phi) is 3.26. The molecule has 1 aliphatic rings. The van der Waals surface area contributed by atoms with Crippen LogP contribution in [-0.2, 0) is 4.79 Å². The molecule has 2 aromatic rings. The van der Waals surface area contributed by atoms with Crippen molar-refractivity contribution in [3.8, 4) is 0 Å². The van der Waals surface area contributed by atoms with Crippen LogP contribution >= 0.6 is 0 Å².